The molecule has 2 aliphatic heterocycles. The summed E-state index contributed by atoms with van der Waals surface area (Å²) in [6, 6.07) is 10.4. The minimum absolute atomic E-state index is 0.0260. The van der Waals surface area contributed by atoms with E-state index in [1.165, 1.54) is 6.07 Å². The zero-order valence-electron chi connectivity index (χ0n) is 20.8. The van der Waals surface area contributed by atoms with Crippen LogP contribution in [0.15, 0.2) is 36.4 Å². The molecule has 0 saturated carbocycles. The van der Waals surface area contributed by atoms with Gasteiger partial charge in [0.25, 0.3) is 0 Å². The third-order valence-corrected chi connectivity index (χ3v) is 8.22. The maximum absolute atomic E-state index is 14.2. The first-order valence-electron chi connectivity index (χ1n) is 12.4. The number of piperidine rings is 1. The van der Waals surface area contributed by atoms with Gasteiger partial charge in [-0.15, -0.1) is 0 Å². The van der Waals surface area contributed by atoms with Crippen LogP contribution >= 0.6 is 23.2 Å². The standard InChI is InChI=1S/C27H28Cl2F4N4O/c1-35(13-18-2-4-21(24(30)10-18)27(31,32)33)25-15-37(14-20(25)19-3-5-22(28)23(29)11-19)26(38)16-36-8-6-17(12-34)7-9-36/h2-5,10-11,17,20,25H,6-9,13-16H2,1H3. The summed E-state index contributed by atoms with van der Waals surface area (Å²) in [4.78, 5) is 19.0. The fraction of sp³-hybridized carbons (Fsp3) is 0.481. The van der Waals surface area contributed by atoms with Gasteiger partial charge in [0.1, 0.15) is 5.82 Å². The Kier molecular flexibility index (Phi) is 8.88. The van der Waals surface area contributed by atoms with Crippen LogP contribution in [-0.4, -0.2) is 66.4 Å². The smallest absolute Gasteiger partial charge is 0.339 e. The van der Waals surface area contributed by atoms with Crippen LogP contribution in [0, 0.1) is 23.1 Å². The third-order valence-electron chi connectivity index (χ3n) is 7.48. The minimum Gasteiger partial charge on any atom is -0.339 e. The van der Waals surface area contributed by atoms with Crippen LogP contribution in [0.25, 0.3) is 0 Å². The Morgan fingerprint density at radius 3 is 2.42 bits per heavy atom. The average Bonchev–Trinajstić information content (AvgIpc) is 3.31. The second-order valence-electron chi connectivity index (χ2n) is 10.1. The van der Waals surface area contributed by atoms with E-state index in [-0.39, 0.29) is 36.9 Å². The summed E-state index contributed by atoms with van der Waals surface area (Å²) in [6.07, 6.45) is -3.28. The van der Waals surface area contributed by atoms with Gasteiger partial charge in [-0.2, -0.15) is 18.4 Å². The zero-order chi connectivity index (χ0) is 27.6. The Bertz CT molecular complexity index is 1210. The van der Waals surface area contributed by atoms with Crippen molar-refractivity contribution in [3.8, 4) is 6.07 Å². The molecule has 2 fully saturated rings. The number of amides is 1. The van der Waals surface area contributed by atoms with E-state index in [0.29, 0.717) is 41.8 Å². The van der Waals surface area contributed by atoms with Crippen molar-refractivity contribution in [1.82, 2.24) is 14.7 Å². The minimum atomic E-state index is -4.76. The van der Waals surface area contributed by atoms with E-state index in [0.717, 1.165) is 30.5 Å². The molecule has 0 radical (unpaired) electrons. The number of hydrogen-bond acceptors (Lipinski definition) is 4. The summed E-state index contributed by atoms with van der Waals surface area (Å²) in [5.74, 6) is -1.45. The number of nitriles is 1. The Balaban J connectivity index is 1.51. The first-order valence-corrected chi connectivity index (χ1v) is 13.1. The van der Waals surface area contributed by atoms with Crippen molar-refractivity contribution in [2.45, 2.75) is 37.5 Å². The molecular weight excluding hydrogens is 543 g/mol. The van der Waals surface area contributed by atoms with Crippen LogP contribution < -0.4 is 0 Å². The van der Waals surface area contributed by atoms with Gasteiger partial charge in [-0.05, 0) is 68.4 Å². The number of halogens is 6. The number of alkyl halides is 3. The van der Waals surface area contributed by atoms with Gasteiger partial charge in [0.05, 0.1) is 28.2 Å². The van der Waals surface area contributed by atoms with Gasteiger partial charge in [0, 0.05) is 37.5 Å². The van der Waals surface area contributed by atoms with Crippen molar-refractivity contribution < 1.29 is 22.4 Å². The molecule has 1 amide bonds. The number of nitrogens with zero attached hydrogens (tertiary/aromatic N) is 4. The molecule has 204 valence electrons. The SMILES string of the molecule is CN(Cc1ccc(C(F)(F)F)c(F)c1)C1CN(C(=O)CN2CCC(C#N)CC2)CC1c1ccc(Cl)c(Cl)c1. The Labute approximate surface area is 229 Å². The normalized spacial score (nSPS) is 21.2. The quantitative estimate of drug-likeness (QED) is 0.411. The van der Waals surface area contributed by atoms with Gasteiger partial charge in [-0.25, -0.2) is 4.39 Å². The lowest BCUT2D eigenvalue weighted by Crippen LogP contribution is -2.43. The average molecular weight is 571 g/mol. The lowest BCUT2D eigenvalue weighted by Gasteiger charge is -2.30. The third kappa shape index (κ3) is 6.60. The summed E-state index contributed by atoms with van der Waals surface area (Å²) in [5, 5.41) is 9.92. The lowest BCUT2D eigenvalue weighted by atomic mass is 9.93. The highest BCUT2D eigenvalue weighted by Gasteiger charge is 2.39. The van der Waals surface area contributed by atoms with Gasteiger partial charge in [-0.3, -0.25) is 14.6 Å². The van der Waals surface area contributed by atoms with Crippen molar-refractivity contribution in [1.29, 1.82) is 5.26 Å². The predicted molar refractivity (Wildman–Crippen MR) is 137 cm³/mol. The second kappa shape index (κ2) is 11.8. The monoisotopic (exact) mass is 570 g/mol. The van der Waals surface area contributed by atoms with Crippen molar-refractivity contribution in [2.75, 3.05) is 39.8 Å². The van der Waals surface area contributed by atoms with Crippen LogP contribution in [0.5, 0.6) is 0 Å². The molecule has 4 rings (SSSR count). The number of rotatable bonds is 6. The molecule has 2 heterocycles. The van der Waals surface area contributed by atoms with E-state index in [2.05, 4.69) is 11.0 Å². The van der Waals surface area contributed by atoms with E-state index < -0.39 is 17.6 Å². The second-order valence-corrected chi connectivity index (χ2v) is 10.9. The summed E-state index contributed by atoms with van der Waals surface area (Å²) in [5.41, 5.74) is -0.00922. The molecule has 2 unspecified atom stereocenters. The molecule has 38 heavy (non-hydrogen) atoms. The molecule has 2 aromatic carbocycles. The van der Waals surface area contributed by atoms with Crippen molar-refractivity contribution in [3.05, 3.63) is 69.0 Å². The first kappa shape index (κ1) is 28.6. The number of likely N-dealkylation sites (N-methyl/N-ethyl adjacent to an activating group) is 1. The van der Waals surface area contributed by atoms with E-state index in [1.54, 1.807) is 17.0 Å². The van der Waals surface area contributed by atoms with Crippen LogP contribution in [0.3, 0.4) is 0 Å². The molecule has 11 heteroatoms. The van der Waals surface area contributed by atoms with Gasteiger partial charge < -0.3 is 4.90 Å². The molecule has 0 aromatic heterocycles. The maximum Gasteiger partial charge on any atom is 0.419 e. The predicted octanol–water partition coefficient (Wildman–Crippen LogP) is 5.81. The van der Waals surface area contributed by atoms with Crippen LogP contribution in [0.1, 0.15) is 35.4 Å². The molecule has 0 spiro atoms. The fourth-order valence-electron chi connectivity index (χ4n) is 5.31. The van der Waals surface area contributed by atoms with Gasteiger partial charge in [0.2, 0.25) is 5.91 Å². The summed E-state index contributed by atoms with van der Waals surface area (Å²) < 4.78 is 53.2. The highest BCUT2D eigenvalue weighted by atomic mass is 35.5. The molecule has 2 aliphatic rings. The van der Waals surface area contributed by atoms with Crippen molar-refractivity contribution in [3.63, 3.8) is 0 Å². The van der Waals surface area contributed by atoms with Gasteiger partial charge >= 0.3 is 6.18 Å². The van der Waals surface area contributed by atoms with Crippen LogP contribution in [-0.2, 0) is 17.5 Å². The molecule has 2 aromatic rings. The summed E-state index contributed by atoms with van der Waals surface area (Å²) in [6.45, 7) is 2.67. The number of hydrogen-bond donors (Lipinski definition) is 0. The number of carbonyl (C=O) groups is 1. The Morgan fingerprint density at radius 1 is 1.11 bits per heavy atom. The fourth-order valence-corrected chi connectivity index (χ4v) is 5.62. The van der Waals surface area contributed by atoms with Crippen LogP contribution in [0.4, 0.5) is 17.6 Å². The Morgan fingerprint density at radius 2 is 1.82 bits per heavy atom. The molecule has 2 saturated heterocycles. The molecule has 0 bridgehead atoms. The first-order chi connectivity index (χ1) is 18.0. The highest BCUT2D eigenvalue weighted by Crippen LogP contribution is 2.36. The Hall–Kier alpha value is -2.38. The number of benzene rings is 2. The van der Waals surface area contributed by atoms with E-state index in [1.807, 2.05) is 18.0 Å². The zero-order valence-corrected chi connectivity index (χ0v) is 22.3. The molecule has 0 aliphatic carbocycles. The molecular formula is C27H28Cl2F4N4O. The largest absolute Gasteiger partial charge is 0.419 e. The molecule has 0 N–H and O–H groups in total. The number of carbonyl (C=O) groups excluding carboxylic acids is 1. The van der Waals surface area contributed by atoms with E-state index in [9.17, 15) is 22.4 Å². The molecule has 2 atom stereocenters. The van der Waals surface area contributed by atoms with Crippen molar-refractivity contribution >= 4 is 29.1 Å². The highest BCUT2D eigenvalue weighted by molar-refractivity contribution is 6.42. The van der Waals surface area contributed by atoms with Gasteiger partial charge in [-0.1, -0.05) is 35.3 Å². The van der Waals surface area contributed by atoms with Gasteiger partial charge in [0.15, 0.2) is 0 Å². The number of likely N-dealkylation sites (tertiary alicyclic amines) is 2. The lowest BCUT2D eigenvalue weighted by molar-refractivity contribution is -0.140. The van der Waals surface area contributed by atoms with E-state index >= 15 is 0 Å². The summed E-state index contributed by atoms with van der Waals surface area (Å²) >= 11 is 12.4. The van der Waals surface area contributed by atoms with Crippen molar-refractivity contribution in [2.24, 2.45) is 5.92 Å². The van der Waals surface area contributed by atoms with Crippen LogP contribution in [0.2, 0.25) is 10.0 Å². The molecule has 5 nitrogen and oxygen atoms in total. The maximum atomic E-state index is 14.2. The summed E-state index contributed by atoms with van der Waals surface area (Å²) in [7, 11) is 1.81. The van der Waals surface area contributed by atoms with E-state index in [4.69, 9.17) is 28.5 Å². The topological polar surface area (TPSA) is 50.6 Å².